The van der Waals surface area contributed by atoms with Crippen molar-refractivity contribution in [2.45, 2.75) is 38.0 Å². The lowest BCUT2D eigenvalue weighted by atomic mass is 10.0. The van der Waals surface area contributed by atoms with Gasteiger partial charge in [0.1, 0.15) is 12.6 Å². The van der Waals surface area contributed by atoms with Crippen LogP contribution in [0.2, 0.25) is 0 Å². The molecule has 2 amide bonds. The van der Waals surface area contributed by atoms with Gasteiger partial charge in [-0.15, -0.1) is 0 Å². The predicted octanol–water partition coefficient (Wildman–Crippen LogP) is 2.14. The molecule has 1 aliphatic rings. The van der Waals surface area contributed by atoms with Crippen molar-refractivity contribution in [2.75, 3.05) is 6.54 Å². The molecule has 0 aromatic heterocycles. The zero-order valence-electron chi connectivity index (χ0n) is 16.3. The highest BCUT2D eigenvalue weighted by Crippen LogP contribution is 2.20. The van der Waals surface area contributed by atoms with E-state index >= 15 is 0 Å². The van der Waals surface area contributed by atoms with Crippen LogP contribution < -0.4 is 5.32 Å². The van der Waals surface area contributed by atoms with Crippen LogP contribution >= 0.6 is 11.8 Å². The van der Waals surface area contributed by atoms with Crippen LogP contribution in [0.15, 0.2) is 54.3 Å². The molecule has 0 fully saturated rings. The highest BCUT2D eigenvalue weighted by atomic mass is 32.2. The van der Waals surface area contributed by atoms with E-state index in [0.717, 1.165) is 22.2 Å². The number of hydrogen-bond donors (Lipinski definition) is 2. The molecule has 1 aliphatic heterocycles. The zero-order valence-corrected chi connectivity index (χ0v) is 17.1. The van der Waals surface area contributed by atoms with E-state index in [0.29, 0.717) is 18.4 Å². The molecule has 2 rings (SSSR count). The standard InChI is InChI=1S/C21H24N2O5S/c1-3-16-10-7-11-23(13-18(25)26)21(28)19(16)22-20(27)17(29-14(2)24)12-15-8-5-4-6-9-15/h4-11,17,19H,3,12-13H2,1-2H3,(H,22,27)(H,25,26)/t17-,19-/m0/s1. The lowest BCUT2D eigenvalue weighted by molar-refractivity contribution is -0.143. The summed E-state index contributed by atoms with van der Waals surface area (Å²) in [7, 11) is 0. The van der Waals surface area contributed by atoms with Crippen LogP contribution in [0.1, 0.15) is 25.8 Å². The Morgan fingerprint density at radius 3 is 2.52 bits per heavy atom. The Morgan fingerprint density at radius 1 is 1.24 bits per heavy atom. The number of carboxylic acid groups (broad SMARTS) is 1. The molecule has 0 aliphatic carbocycles. The molecule has 0 radical (unpaired) electrons. The summed E-state index contributed by atoms with van der Waals surface area (Å²) >= 11 is 0.913. The normalized spacial score (nSPS) is 17.3. The second-order valence-corrected chi connectivity index (χ2v) is 7.91. The third-order valence-electron chi connectivity index (χ3n) is 4.34. The van der Waals surface area contributed by atoms with Gasteiger partial charge in [-0.1, -0.05) is 55.1 Å². The summed E-state index contributed by atoms with van der Waals surface area (Å²) in [5.74, 6) is -2.11. The van der Waals surface area contributed by atoms with E-state index in [9.17, 15) is 19.2 Å². The van der Waals surface area contributed by atoms with Crippen LogP contribution in [0.5, 0.6) is 0 Å². The van der Waals surface area contributed by atoms with Gasteiger partial charge in [-0.05, 0) is 30.1 Å². The topological polar surface area (TPSA) is 104 Å². The van der Waals surface area contributed by atoms with E-state index in [4.69, 9.17) is 5.11 Å². The second kappa shape index (κ2) is 10.6. The van der Waals surface area contributed by atoms with Gasteiger partial charge in [-0.3, -0.25) is 19.2 Å². The molecule has 1 heterocycles. The summed E-state index contributed by atoms with van der Waals surface area (Å²) in [4.78, 5) is 49.7. The van der Waals surface area contributed by atoms with Gasteiger partial charge >= 0.3 is 5.97 Å². The quantitative estimate of drug-likeness (QED) is 0.673. The summed E-state index contributed by atoms with van der Waals surface area (Å²) in [6.07, 6.45) is 5.53. The van der Waals surface area contributed by atoms with Crippen LogP contribution in [-0.4, -0.2) is 50.7 Å². The van der Waals surface area contributed by atoms with Crippen molar-refractivity contribution in [3.63, 3.8) is 0 Å². The van der Waals surface area contributed by atoms with Gasteiger partial charge in [0.2, 0.25) is 5.91 Å². The first-order valence-electron chi connectivity index (χ1n) is 9.22. The molecule has 29 heavy (non-hydrogen) atoms. The third-order valence-corrected chi connectivity index (χ3v) is 5.34. The summed E-state index contributed by atoms with van der Waals surface area (Å²) in [5.41, 5.74) is 1.56. The van der Waals surface area contributed by atoms with Crippen LogP contribution in [0.3, 0.4) is 0 Å². The fourth-order valence-corrected chi connectivity index (χ4v) is 3.82. The van der Waals surface area contributed by atoms with Crippen molar-refractivity contribution in [3.8, 4) is 0 Å². The summed E-state index contributed by atoms with van der Waals surface area (Å²) in [5, 5.41) is 10.9. The number of carboxylic acids is 1. The van der Waals surface area contributed by atoms with Crippen LogP contribution in [0.4, 0.5) is 0 Å². The fourth-order valence-electron chi connectivity index (χ4n) is 2.97. The van der Waals surface area contributed by atoms with E-state index in [1.807, 2.05) is 37.3 Å². The molecule has 0 saturated carbocycles. The second-order valence-electron chi connectivity index (χ2n) is 6.53. The van der Waals surface area contributed by atoms with Crippen molar-refractivity contribution >= 4 is 34.7 Å². The smallest absolute Gasteiger partial charge is 0.323 e. The van der Waals surface area contributed by atoms with Crippen molar-refractivity contribution in [1.82, 2.24) is 10.2 Å². The Hall–Kier alpha value is -2.87. The van der Waals surface area contributed by atoms with Crippen LogP contribution in [-0.2, 0) is 25.6 Å². The number of carbonyl (C=O) groups excluding carboxylic acids is 3. The molecule has 2 atom stereocenters. The minimum atomic E-state index is -1.15. The molecule has 0 spiro atoms. The van der Waals surface area contributed by atoms with E-state index < -0.39 is 35.6 Å². The Bertz CT molecular complexity index is 835. The monoisotopic (exact) mass is 416 g/mol. The molecule has 0 bridgehead atoms. The number of nitrogens with one attached hydrogen (secondary N) is 1. The Kier molecular flexibility index (Phi) is 8.21. The first-order valence-corrected chi connectivity index (χ1v) is 10.1. The molecule has 7 nitrogen and oxygen atoms in total. The summed E-state index contributed by atoms with van der Waals surface area (Å²) < 4.78 is 0. The lowest BCUT2D eigenvalue weighted by Crippen LogP contribution is -2.51. The average Bonchev–Trinajstić information content (AvgIpc) is 2.81. The maximum Gasteiger partial charge on any atom is 0.323 e. The van der Waals surface area contributed by atoms with Crippen molar-refractivity contribution in [2.24, 2.45) is 0 Å². The van der Waals surface area contributed by atoms with Crippen LogP contribution in [0.25, 0.3) is 0 Å². The van der Waals surface area contributed by atoms with Gasteiger partial charge in [0, 0.05) is 13.1 Å². The average molecular weight is 416 g/mol. The molecule has 2 N–H and O–H groups in total. The number of rotatable bonds is 8. The van der Waals surface area contributed by atoms with E-state index in [2.05, 4.69) is 5.32 Å². The molecule has 154 valence electrons. The fraction of sp³-hybridized carbons (Fsp3) is 0.333. The van der Waals surface area contributed by atoms with Gasteiger partial charge in [0.25, 0.3) is 5.91 Å². The van der Waals surface area contributed by atoms with Gasteiger partial charge in [-0.25, -0.2) is 0 Å². The molecular weight excluding hydrogens is 392 g/mol. The number of allylic oxidation sites excluding steroid dienone is 2. The first kappa shape index (κ1) is 22.4. The largest absolute Gasteiger partial charge is 0.480 e. The zero-order chi connectivity index (χ0) is 21.4. The summed E-state index contributed by atoms with van der Waals surface area (Å²) in [6, 6.07) is 8.33. The molecule has 0 unspecified atom stereocenters. The number of nitrogens with zero attached hydrogens (tertiary/aromatic N) is 1. The lowest BCUT2D eigenvalue weighted by Gasteiger charge is -2.26. The third kappa shape index (κ3) is 6.60. The minimum absolute atomic E-state index is 0.200. The first-order chi connectivity index (χ1) is 13.8. The number of thioether (sulfide) groups is 1. The molecular formula is C21H24N2O5S. The Balaban J connectivity index is 2.22. The molecule has 0 saturated heterocycles. The number of benzene rings is 1. The molecule has 1 aromatic carbocycles. The van der Waals surface area contributed by atoms with Gasteiger partial charge < -0.3 is 15.3 Å². The maximum absolute atomic E-state index is 13.0. The van der Waals surface area contributed by atoms with Crippen molar-refractivity contribution in [3.05, 3.63) is 59.8 Å². The number of amides is 2. The number of hydrogen-bond acceptors (Lipinski definition) is 5. The van der Waals surface area contributed by atoms with Gasteiger partial charge in [-0.2, -0.15) is 0 Å². The van der Waals surface area contributed by atoms with Gasteiger partial charge in [0.05, 0.1) is 5.25 Å². The highest BCUT2D eigenvalue weighted by molar-refractivity contribution is 8.14. The Labute approximate surface area is 173 Å². The van der Waals surface area contributed by atoms with E-state index in [-0.39, 0.29) is 5.12 Å². The van der Waals surface area contributed by atoms with Gasteiger partial charge in [0.15, 0.2) is 5.12 Å². The number of carbonyl (C=O) groups is 4. The predicted molar refractivity (Wildman–Crippen MR) is 111 cm³/mol. The maximum atomic E-state index is 13.0. The SMILES string of the molecule is CCC1=CC=CN(CC(=O)O)C(=O)[C@H]1NC(=O)[C@H](Cc1ccccc1)SC(C)=O. The van der Waals surface area contributed by atoms with E-state index in [1.165, 1.54) is 13.1 Å². The van der Waals surface area contributed by atoms with Crippen molar-refractivity contribution in [1.29, 1.82) is 0 Å². The molecule has 8 heteroatoms. The minimum Gasteiger partial charge on any atom is -0.480 e. The highest BCUT2D eigenvalue weighted by Gasteiger charge is 2.32. The van der Waals surface area contributed by atoms with Crippen molar-refractivity contribution < 1.29 is 24.3 Å². The van der Waals surface area contributed by atoms with E-state index in [1.54, 1.807) is 12.2 Å². The van der Waals surface area contributed by atoms with Crippen LogP contribution in [0, 0.1) is 0 Å². The number of aliphatic carboxylic acids is 1. The Morgan fingerprint density at radius 2 is 1.93 bits per heavy atom. The molecule has 1 aromatic rings. The summed E-state index contributed by atoms with van der Waals surface area (Å²) in [6.45, 7) is 2.75.